The summed E-state index contributed by atoms with van der Waals surface area (Å²) in [5.41, 5.74) is 1.02. The standard InChI is InChI=1S/C16H18N4O.HI/c21-10-9-20(16-17-7-8-18-16)19-12-13-5-6-14-3-1-2-4-15(14)11-13;/h1-6,11-12,21H,7-10H2,(H,17,18);1H/b19-12-;. The van der Waals surface area contributed by atoms with Crippen molar-refractivity contribution in [3.8, 4) is 0 Å². The lowest BCUT2D eigenvalue weighted by Crippen LogP contribution is -2.36. The van der Waals surface area contributed by atoms with Crippen LogP contribution in [-0.2, 0) is 0 Å². The van der Waals surface area contributed by atoms with Gasteiger partial charge in [-0.15, -0.1) is 24.0 Å². The number of hydrogen-bond acceptors (Lipinski definition) is 5. The molecule has 0 saturated carbocycles. The van der Waals surface area contributed by atoms with Crippen LogP contribution in [0.2, 0.25) is 0 Å². The fraction of sp³-hybridized carbons (Fsp3) is 0.250. The van der Waals surface area contributed by atoms with Crippen molar-refractivity contribution in [1.29, 1.82) is 0 Å². The minimum absolute atomic E-state index is 0. The summed E-state index contributed by atoms with van der Waals surface area (Å²) in [6.07, 6.45) is 1.80. The van der Waals surface area contributed by atoms with Crippen molar-refractivity contribution in [3.63, 3.8) is 0 Å². The van der Waals surface area contributed by atoms with E-state index < -0.39 is 0 Å². The van der Waals surface area contributed by atoms with Crippen LogP contribution in [0.25, 0.3) is 10.8 Å². The van der Waals surface area contributed by atoms with Crippen molar-refractivity contribution < 1.29 is 5.11 Å². The minimum Gasteiger partial charge on any atom is -0.394 e. The molecule has 0 atom stereocenters. The predicted octanol–water partition coefficient (Wildman–Crippen LogP) is 2.05. The first kappa shape index (κ1) is 16.7. The number of halogens is 1. The quantitative estimate of drug-likeness (QED) is 0.461. The van der Waals surface area contributed by atoms with Gasteiger partial charge >= 0.3 is 0 Å². The number of nitrogens with zero attached hydrogens (tertiary/aromatic N) is 3. The molecule has 5 nitrogen and oxygen atoms in total. The molecule has 0 fully saturated rings. The van der Waals surface area contributed by atoms with Crippen LogP contribution >= 0.6 is 24.0 Å². The van der Waals surface area contributed by atoms with Gasteiger partial charge in [-0.1, -0.05) is 36.4 Å². The molecule has 0 aromatic heterocycles. The summed E-state index contributed by atoms with van der Waals surface area (Å²) < 4.78 is 0. The van der Waals surface area contributed by atoms with Gasteiger partial charge < -0.3 is 10.4 Å². The summed E-state index contributed by atoms with van der Waals surface area (Å²) in [5.74, 6) is 0.723. The van der Waals surface area contributed by atoms with E-state index in [0.717, 1.165) is 24.6 Å². The number of aliphatic hydroxyl groups excluding tert-OH is 1. The third-order valence-corrected chi connectivity index (χ3v) is 3.33. The lowest BCUT2D eigenvalue weighted by atomic mass is 10.1. The van der Waals surface area contributed by atoms with E-state index in [4.69, 9.17) is 5.11 Å². The summed E-state index contributed by atoms with van der Waals surface area (Å²) >= 11 is 0. The van der Waals surface area contributed by atoms with Gasteiger partial charge in [0.1, 0.15) is 0 Å². The van der Waals surface area contributed by atoms with Crippen LogP contribution in [0.3, 0.4) is 0 Å². The van der Waals surface area contributed by atoms with Crippen LogP contribution in [0.5, 0.6) is 0 Å². The lowest BCUT2D eigenvalue weighted by molar-refractivity contribution is 0.251. The summed E-state index contributed by atoms with van der Waals surface area (Å²) in [4.78, 5) is 4.32. The Hall–Kier alpha value is -1.67. The van der Waals surface area contributed by atoms with Crippen molar-refractivity contribution in [3.05, 3.63) is 48.0 Å². The highest BCUT2D eigenvalue weighted by Crippen LogP contribution is 2.14. The highest BCUT2D eigenvalue weighted by Gasteiger charge is 2.12. The van der Waals surface area contributed by atoms with Crippen molar-refractivity contribution >= 4 is 46.9 Å². The Balaban J connectivity index is 0.00000176. The van der Waals surface area contributed by atoms with E-state index in [-0.39, 0.29) is 30.6 Å². The van der Waals surface area contributed by atoms with E-state index in [2.05, 4.69) is 39.7 Å². The molecular formula is C16H19IN4O. The van der Waals surface area contributed by atoms with Gasteiger partial charge in [0.25, 0.3) is 0 Å². The van der Waals surface area contributed by atoms with E-state index in [0.29, 0.717) is 6.54 Å². The van der Waals surface area contributed by atoms with Gasteiger partial charge in [-0.3, -0.25) is 0 Å². The third kappa shape index (κ3) is 3.95. The zero-order valence-corrected chi connectivity index (χ0v) is 14.5. The first-order chi connectivity index (χ1) is 10.4. The molecule has 2 aromatic carbocycles. The first-order valence-electron chi connectivity index (χ1n) is 7.06. The monoisotopic (exact) mass is 410 g/mol. The second-order valence-electron chi connectivity index (χ2n) is 4.83. The average Bonchev–Trinajstić information content (AvgIpc) is 3.05. The van der Waals surface area contributed by atoms with Crippen LogP contribution in [0.15, 0.2) is 52.6 Å². The summed E-state index contributed by atoms with van der Waals surface area (Å²) in [5, 5.41) is 20.8. The topological polar surface area (TPSA) is 60.2 Å². The second kappa shape index (κ2) is 8.09. The molecule has 0 bridgehead atoms. The van der Waals surface area contributed by atoms with Crippen molar-refractivity contribution in [2.45, 2.75) is 0 Å². The molecular weight excluding hydrogens is 391 g/mol. The van der Waals surface area contributed by atoms with Gasteiger partial charge in [-0.2, -0.15) is 5.10 Å². The highest BCUT2D eigenvalue weighted by atomic mass is 127. The van der Waals surface area contributed by atoms with Gasteiger partial charge in [-0.05, 0) is 22.4 Å². The number of aliphatic imine (C=N–C) groups is 1. The minimum atomic E-state index is 0. The first-order valence-corrected chi connectivity index (χ1v) is 7.06. The van der Waals surface area contributed by atoms with Crippen LogP contribution in [0.1, 0.15) is 5.56 Å². The van der Waals surface area contributed by atoms with Crippen LogP contribution in [0, 0.1) is 0 Å². The summed E-state index contributed by atoms with van der Waals surface area (Å²) in [6.45, 7) is 2.04. The largest absolute Gasteiger partial charge is 0.394 e. The molecule has 2 N–H and O–H groups in total. The average molecular weight is 410 g/mol. The summed E-state index contributed by atoms with van der Waals surface area (Å²) in [6, 6.07) is 14.4. The Labute approximate surface area is 146 Å². The molecule has 6 heteroatoms. The van der Waals surface area contributed by atoms with Crippen molar-refractivity contribution in [2.75, 3.05) is 26.2 Å². The van der Waals surface area contributed by atoms with Crippen molar-refractivity contribution in [2.24, 2.45) is 10.1 Å². The number of guanidine groups is 1. The van der Waals surface area contributed by atoms with Gasteiger partial charge in [0.05, 0.1) is 25.9 Å². The van der Waals surface area contributed by atoms with Gasteiger partial charge in [0, 0.05) is 6.54 Å². The van der Waals surface area contributed by atoms with Crippen molar-refractivity contribution in [1.82, 2.24) is 10.3 Å². The van der Waals surface area contributed by atoms with E-state index in [1.165, 1.54) is 10.8 Å². The Morgan fingerprint density at radius 3 is 2.77 bits per heavy atom. The second-order valence-corrected chi connectivity index (χ2v) is 4.83. The Bertz CT molecular complexity index is 687. The lowest BCUT2D eigenvalue weighted by Gasteiger charge is -2.17. The van der Waals surface area contributed by atoms with E-state index in [9.17, 15) is 0 Å². The number of rotatable bonds is 4. The summed E-state index contributed by atoms with van der Waals surface area (Å²) in [7, 11) is 0. The molecule has 0 saturated heterocycles. The van der Waals surface area contributed by atoms with Gasteiger partial charge in [0.2, 0.25) is 5.96 Å². The predicted molar refractivity (Wildman–Crippen MR) is 101 cm³/mol. The number of nitrogens with one attached hydrogen (secondary N) is 1. The third-order valence-electron chi connectivity index (χ3n) is 3.33. The number of hydrazone groups is 1. The molecule has 0 radical (unpaired) electrons. The van der Waals surface area contributed by atoms with Crippen LogP contribution < -0.4 is 5.32 Å². The maximum absolute atomic E-state index is 9.14. The molecule has 22 heavy (non-hydrogen) atoms. The fourth-order valence-electron chi connectivity index (χ4n) is 2.30. The zero-order chi connectivity index (χ0) is 14.5. The maximum atomic E-state index is 9.14. The number of aliphatic hydroxyl groups is 1. The molecule has 0 amide bonds. The van der Waals surface area contributed by atoms with Crippen LogP contribution in [0.4, 0.5) is 0 Å². The van der Waals surface area contributed by atoms with E-state index in [1.807, 2.05) is 18.2 Å². The molecule has 1 aliphatic rings. The smallest absolute Gasteiger partial charge is 0.215 e. The zero-order valence-electron chi connectivity index (χ0n) is 12.1. The molecule has 3 rings (SSSR count). The molecule has 0 spiro atoms. The molecule has 0 unspecified atom stereocenters. The molecule has 1 heterocycles. The fourth-order valence-corrected chi connectivity index (χ4v) is 2.30. The molecule has 0 aliphatic carbocycles. The number of hydrogen-bond donors (Lipinski definition) is 2. The Morgan fingerprint density at radius 1 is 1.23 bits per heavy atom. The highest BCUT2D eigenvalue weighted by molar-refractivity contribution is 14.0. The van der Waals surface area contributed by atoms with E-state index >= 15 is 0 Å². The normalized spacial score (nSPS) is 13.8. The molecule has 116 valence electrons. The van der Waals surface area contributed by atoms with Gasteiger partial charge in [0.15, 0.2) is 0 Å². The number of fused-ring (bicyclic) bond motifs is 1. The van der Waals surface area contributed by atoms with Gasteiger partial charge in [-0.25, -0.2) is 10.0 Å². The Morgan fingerprint density at radius 2 is 2.05 bits per heavy atom. The number of benzene rings is 2. The maximum Gasteiger partial charge on any atom is 0.215 e. The molecule has 2 aromatic rings. The van der Waals surface area contributed by atoms with Crippen LogP contribution in [-0.4, -0.2) is 48.5 Å². The SMILES string of the molecule is I.OCCN(/N=C\c1ccc2ccccc2c1)C1=NCCN1. The Kier molecular flexibility index (Phi) is 6.14. The molecule has 1 aliphatic heterocycles. The van der Waals surface area contributed by atoms with E-state index in [1.54, 1.807) is 11.2 Å².